The Morgan fingerprint density at radius 2 is 1.76 bits per heavy atom. The van der Waals surface area contributed by atoms with Crippen LogP contribution in [0.1, 0.15) is 19.4 Å². The van der Waals surface area contributed by atoms with E-state index < -0.39 is 5.66 Å². The molecule has 0 fully saturated rings. The van der Waals surface area contributed by atoms with Crippen LogP contribution in [0.2, 0.25) is 0 Å². The summed E-state index contributed by atoms with van der Waals surface area (Å²) >= 11 is 0. The van der Waals surface area contributed by atoms with Crippen LogP contribution in [0.15, 0.2) is 59.6 Å². The fourth-order valence-corrected chi connectivity index (χ4v) is 2.68. The van der Waals surface area contributed by atoms with Crippen molar-refractivity contribution in [3.8, 4) is 0 Å². The Morgan fingerprint density at radius 1 is 1.12 bits per heavy atom. The summed E-state index contributed by atoms with van der Waals surface area (Å²) in [6.07, 6.45) is 0. The van der Waals surface area contributed by atoms with E-state index in [9.17, 15) is 14.0 Å². The maximum atomic E-state index is 12.9. The minimum atomic E-state index is -0.817. The lowest BCUT2D eigenvalue weighted by molar-refractivity contribution is -0.131. The maximum absolute atomic E-state index is 12.9. The number of anilines is 1. The smallest absolute Gasteiger partial charge is 0.275 e. The highest BCUT2D eigenvalue weighted by atomic mass is 19.1. The second-order valence-electron chi connectivity index (χ2n) is 6.27. The highest BCUT2D eigenvalue weighted by Crippen LogP contribution is 2.26. The second-order valence-corrected chi connectivity index (χ2v) is 6.27. The van der Waals surface area contributed by atoms with Crippen LogP contribution in [0.25, 0.3) is 0 Å². The maximum Gasteiger partial charge on any atom is 0.275 e. The van der Waals surface area contributed by atoms with Crippen LogP contribution in [0.3, 0.4) is 0 Å². The Hall–Kier alpha value is -3.02. The molecular weight excluding hydrogens is 321 g/mol. The van der Waals surface area contributed by atoms with Crippen molar-refractivity contribution in [2.24, 2.45) is 4.99 Å². The van der Waals surface area contributed by atoms with Gasteiger partial charge in [0.15, 0.2) is 0 Å². The fourth-order valence-electron chi connectivity index (χ4n) is 2.68. The minimum absolute atomic E-state index is 0.136. The Morgan fingerprint density at radius 3 is 2.40 bits per heavy atom. The zero-order chi connectivity index (χ0) is 18.0. The van der Waals surface area contributed by atoms with Crippen molar-refractivity contribution in [3.05, 3.63) is 66.0 Å². The summed E-state index contributed by atoms with van der Waals surface area (Å²) in [5, 5.41) is 2.66. The molecule has 0 radical (unpaired) electrons. The number of carbonyl (C=O) groups is 2. The molecule has 6 heteroatoms. The molecule has 0 unspecified atom stereocenters. The third kappa shape index (κ3) is 3.57. The summed E-state index contributed by atoms with van der Waals surface area (Å²) in [5.74, 6) is -1.03. The van der Waals surface area contributed by atoms with E-state index in [2.05, 4.69) is 10.3 Å². The first-order valence-electron chi connectivity index (χ1n) is 7.89. The van der Waals surface area contributed by atoms with Crippen LogP contribution in [-0.4, -0.2) is 34.6 Å². The largest absolute Gasteiger partial charge is 0.325 e. The Kier molecular flexibility index (Phi) is 4.35. The van der Waals surface area contributed by atoms with Gasteiger partial charge in [0, 0.05) is 11.3 Å². The quantitative estimate of drug-likeness (QED) is 0.931. The molecule has 0 saturated carbocycles. The lowest BCUT2D eigenvalue weighted by Crippen LogP contribution is -2.46. The topological polar surface area (TPSA) is 61.8 Å². The van der Waals surface area contributed by atoms with E-state index in [1.54, 1.807) is 13.8 Å². The van der Waals surface area contributed by atoms with Gasteiger partial charge in [0.2, 0.25) is 5.91 Å². The monoisotopic (exact) mass is 339 g/mol. The summed E-state index contributed by atoms with van der Waals surface area (Å²) in [6, 6.07) is 14.6. The highest BCUT2D eigenvalue weighted by Gasteiger charge is 2.41. The molecule has 128 valence electrons. The van der Waals surface area contributed by atoms with Gasteiger partial charge in [0.25, 0.3) is 5.91 Å². The van der Waals surface area contributed by atoms with Crippen molar-refractivity contribution in [2.75, 3.05) is 11.9 Å². The molecule has 2 aromatic rings. The number of hydrogen-bond acceptors (Lipinski definition) is 3. The Bertz CT molecular complexity index is 830. The minimum Gasteiger partial charge on any atom is -0.325 e. The van der Waals surface area contributed by atoms with Gasteiger partial charge < -0.3 is 10.2 Å². The number of halogens is 1. The molecule has 0 atom stereocenters. The van der Waals surface area contributed by atoms with Crippen LogP contribution in [0.4, 0.5) is 10.1 Å². The van der Waals surface area contributed by atoms with Gasteiger partial charge in [-0.25, -0.2) is 4.39 Å². The molecule has 1 aliphatic rings. The van der Waals surface area contributed by atoms with Crippen molar-refractivity contribution < 1.29 is 14.0 Å². The number of rotatable bonds is 4. The number of aliphatic imine (C=N–C) groups is 1. The van der Waals surface area contributed by atoms with Crippen LogP contribution in [-0.2, 0) is 9.59 Å². The standard InChI is InChI=1S/C19H18FN3O2/c1-19(2)22-17(13-6-4-3-5-7-13)18(25)23(19)12-16(24)21-15-10-8-14(20)9-11-15/h3-11H,12H2,1-2H3,(H,21,24). The van der Waals surface area contributed by atoms with E-state index in [4.69, 9.17) is 0 Å². The summed E-state index contributed by atoms with van der Waals surface area (Å²) in [6.45, 7) is 3.43. The first-order valence-corrected chi connectivity index (χ1v) is 7.89. The van der Waals surface area contributed by atoms with Crippen molar-refractivity contribution in [3.63, 3.8) is 0 Å². The number of hydrogen-bond donors (Lipinski definition) is 1. The molecule has 1 heterocycles. The van der Waals surface area contributed by atoms with Crippen molar-refractivity contribution in [1.29, 1.82) is 0 Å². The van der Waals surface area contributed by atoms with Gasteiger partial charge in [-0.1, -0.05) is 30.3 Å². The molecule has 1 N–H and O–H groups in total. The average molecular weight is 339 g/mol. The lowest BCUT2D eigenvalue weighted by Gasteiger charge is -2.28. The SMILES string of the molecule is CC1(C)N=C(c2ccccc2)C(=O)N1CC(=O)Nc1ccc(F)cc1. The van der Waals surface area contributed by atoms with Crippen molar-refractivity contribution in [1.82, 2.24) is 4.90 Å². The number of amides is 2. The molecule has 0 saturated heterocycles. The molecule has 5 nitrogen and oxygen atoms in total. The van der Waals surface area contributed by atoms with Gasteiger partial charge in [0.1, 0.15) is 23.7 Å². The van der Waals surface area contributed by atoms with Gasteiger partial charge in [-0.2, -0.15) is 0 Å². The molecule has 2 aromatic carbocycles. The van der Waals surface area contributed by atoms with E-state index in [0.29, 0.717) is 11.4 Å². The molecular formula is C19H18FN3O2. The lowest BCUT2D eigenvalue weighted by atomic mass is 10.1. The third-order valence-corrected chi connectivity index (χ3v) is 3.97. The summed E-state index contributed by atoms with van der Waals surface area (Å²) in [5.41, 5.74) is 0.727. The molecule has 3 rings (SSSR count). The molecule has 25 heavy (non-hydrogen) atoms. The van der Waals surface area contributed by atoms with Crippen molar-refractivity contribution >= 4 is 23.2 Å². The highest BCUT2D eigenvalue weighted by molar-refractivity contribution is 6.47. The van der Waals surface area contributed by atoms with Crippen LogP contribution < -0.4 is 5.32 Å². The first-order chi connectivity index (χ1) is 11.9. The molecule has 0 aromatic heterocycles. The molecule has 0 spiro atoms. The van der Waals surface area contributed by atoms with Gasteiger partial charge in [-0.15, -0.1) is 0 Å². The molecule has 1 aliphatic heterocycles. The third-order valence-electron chi connectivity index (χ3n) is 3.97. The molecule has 0 aliphatic carbocycles. The summed E-state index contributed by atoms with van der Waals surface area (Å²) < 4.78 is 12.9. The van der Waals surface area contributed by atoms with Crippen LogP contribution in [0, 0.1) is 5.82 Å². The van der Waals surface area contributed by atoms with Crippen LogP contribution >= 0.6 is 0 Å². The predicted molar refractivity (Wildman–Crippen MR) is 93.8 cm³/mol. The van der Waals surface area contributed by atoms with E-state index in [1.807, 2.05) is 30.3 Å². The van der Waals surface area contributed by atoms with Crippen LogP contribution in [0.5, 0.6) is 0 Å². The first kappa shape index (κ1) is 16.8. The number of nitrogens with zero attached hydrogens (tertiary/aromatic N) is 2. The normalized spacial score (nSPS) is 15.9. The zero-order valence-electron chi connectivity index (χ0n) is 14.0. The average Bonchev–Trinajstić information content (AvgIpc) is 2.81. The van der Waals surface area contributed by atoms with E-state index in [-0.39, 0.29) is 24.2 Å². The van der Waals surface area contributed by atoms with E-state index in [0.717, 1.165) is 5.56 Å². The fraction of sp³-hybridized carbons (Fsp3) is 0.211. The van der Waals surface area contributed by atoms with Crippen molar-refractivity contribution in [2.45, 2.75) is 19.5 Å². The van der Waals surface area contributed by atoms with E-state index >= 15 is 0 Å². The number of carbonyl (C=O) groups excluding carboxylic acids is 2. The second kappa shape index (κ2) is 6.47. The molecule has 2 amide bonds. The Balaban J connectivity index is 1.73. The number of nitrogens with one attached hydrogen (secondary N) is 1. The molecule has 0 bridgehead atoms. The van der Waals surface area contributed by atoms with Gasteiger partial charge in [0.05, 0.1) is 0 Å². The Labute approximate surface area is 145 Å². The van der Waals surface area contributed by atoms with E-state index in [1.165, 1.54) is 29.2 Å². The van der Waals surface area contributed by atoms with Gasteiger partial charge >= 0.3 is 0 Å². The van der Waals surface area contributed by atoms with Gasteiger partial charge in [-0.05, 0) is 38.1 Å². The number of benzene rings is 2. The zero-order valence-corrected chi connectivity index (χ0v) is 14.0. The summed E-state index contributed by atoms with van der Waals surface area (Å²) in [7, 11) is 0. The predicted octanol–water partition coefficient (Wildman–Crippen LogP) is 2.83. The summed E-state index contributed by atoms with van der Waals surface area (Å²) in [4.78, 5) is 30.9. The van der Waals surface area contributed by atoms with Gasteiger partial charge in [-0.3, -0.25) is 14.6 Å².